The number of rotatable bonds is 6. The highest BCUT2D eigenvalue weighted by Crippen LogP contribution is 2.33. The zero-order valence-electron chi connectivity index (χ0n) is 14.3. The largest absolute Gasteiger partial charge is 0.487 e. The maximum atomic E-state index is 12.0. The average Bonchev–Trinajstić information content (AvgIpc) is 3.08. The number of ether oxygens (including phenoxy) is 1. The minimum atomic E-state index is -0.663. The molecule has 1 aromatic heterocycles. The van der Waals surface area contributed by atoms with Gasteiger partial charge < -0.3 is 10.5 Å². The van der Waals surface area contributed by atoms with Gasteiger partial charge in [-0.3, -0.25) is 4.79 Å². The number of nitrogens with one attached hydrogen (secondary N) is 1. The van der Waals surface area contributed by atoms with Gasteiger partial charge in [-0.2, -0.15) is 5.10 Å². The molecule has 0 fully saturated rings. The first-order valence-corrected chi connectivity index (χ1v) is 10.2. The minimum Gasteiger partial charge on any atom is -0.487 e. The molecule has 0 aliphatic rings. The molecule has 0 saturated heterocycles. The molecule has 0 saturated carbocycles. The number of hydrogen-bond acceptors (Lipinski definition) is 7. The molecule has 0 radical (unpaired) electrons. The number of amides is 1. The second kappa shape index (κ2) is 9.57. The van der Waals surface area contributed by atoms with Crippen LogP contribution in [-0.4, -0.2) is 22.4 Å². The third-order valence-corrected chi connectivity index (χ3v) is 5.16. The SMILES string of the molecule is Nc1nonc1C(=O)NN=Cc1cc(Br)cc(Br)c1OCc1ccc(Cl)cc1Cl. The second-order valence-corrected chi connectivity index (χ2v) is 8.14. The van der Waals surface area contributed by atoms with E-state index in [9.17, 15) is 4.79 Å². The van der Waals surface area contributed by atoms with Gasteiger partial charge in [0.25, 0.3) is 5.91 Å². The number of hydrogen-bond donors (Lipinski definition) is 2. The molecule has 0 spiro atoms. The molecule has 29 heavy (non-hydrogen) atoms. The molecule has 0 unspecified atom stereocenters. The van der Waals surface area contributed by atoms with Crippen LogP contribution in [0.5, 0.6) is 5.75 Å². The van der Waals surface area contributed by atoms with E-state index in [1.165, 1.54) is 6.21 Å². The van der Waals surface area contributed by atoms with Crippen molar-refractivity contribution >= 4 is 73.0 Å². The van der Waals surface area contributed by atoms with Gasteiger partial charge in [0.2, 0.25) is 11.5 Å². The van der Waals surface area contributed by atoms with E-state index in [1.807, 2.05) is 6.07 Å². The summed E-state index contributed by atoms with van der Waals surface area (Å²) < 4.78 is 11.8. The van der Waals surface area contributed by atoms with E-state index in [0.717, 1.165) is 10.0 Å². The molecule has 3 aromatic rings. The number of carbonyl (C=O) groups is 1. The molecular weight excluding hydrogens is 553 g/mol. The molecule has 0 aliphatic heterocycles. The molecule has 0 atom stereocenters. The fourth-order valence-electron chi connectivity index (χ4n) is 2.18. The molecule has 3 N–H and O–H groups in total. The fourth-order valence-corrected chi connectivity index (χ4v) is 4.02. The first-order valence-electron chi connectivity index (χ1n) is 7.82. The third kappa shape index (κ3) is 5.47. The van der Waals surface area contributed by atoms with Crippen molar-refractivity contribution in [2.24, 2.45) is 5.10 Å². The van der Waals surface area contributed by atoms with Gasteiger partial charge in [-0.25, -0.2) is 10.1 Å². The van der Waals surface area contributed by atoms with E-state index in [1.54, 1.807) is 24.3 Å². The number of nitrogen functional groups attached to an aromatic ring is 1. The molecule has 3 rings (SSSR count). The first kappa shape index (κ1) is 21.6. The summed E-state index contributed by atoms with van der Waals surface area (Å²) >= 11 is 19.0. The zero-order valence-corrected chi connectivity index (χ0v) is 19.0. The van der Waals surface area contributed by atoms with Gasteiger partial charge in [0.15, 0.2) is 0 Å². The molecule has 2 aromatic carbocycles. The minimum absolute atomic E-state index is 0.133. The van der Waals surface area contributed by atoms with Crippen molar-refractivity contribution in [3.05, 3.63) is 66.1 Å². The lowest BCUT2D eigenvalue weighted by atomic mass is 10.2. The summed E-state index contributed by atoms with van der Waals surface area (Å²) in [5, 5.41) is 11.7. The van der Waals surface area contributed by atoms with Crippen LogP contribution < -0.4 is 15.9 Å². The highest BCUT2D eigenvalue weighted by Gasteiger charge is 2.15. The molecule has 0 bridgehead atoms. The van der Waals surface area contributed by atoms with Crippen LogP contribution in [0.1, 0.15) is 21.6 Å². The van der Waals surface area contributed by atoms with Gasteiger partial charge in [0.1, 0.15) is 12.4 Å². The summed E-state index contributed by atoms with van der Waals surface area (Å²) in [6.07, 6.45) is 1.41. The molecule has 12 heteroatoms. The summed E-state index contributed by atoms with van der Waals surface area (Å²) in [5.74, 6) is -0.295. The lowest BCUT2D eigenvalue weighted by molar-refractivity contribution is 0.0946. The Morgan fingerprint density at radius 3 is 2.76 bits per heavy atom. The standard InChI is InChI=1S/C17H11Br2Cl2N5O3/c18-10-3-9(6-23-24-17(27)14-16(22)26-29-25-14)15(12(19)4-10)28-7-8-1-2-11(20)5-13(8)21/h1-6H,7H2,(H2,22,26)(H,24,27). The predicted octanol–water partition coefficient (Wildman–Crippen LogP) is 4.83. The Balaban J connectivity index is 1.77. The predicted molar refractivity (Wildman–Crippen MR) is 116 cm³/mol. The number of hydrazone groups is 1. The van der Waals surface area contributed by atoms with E-state index < -0.39 is 5.91 Å². The highest BCUT2D eigenvalue weighted by molar-refractivity contribution is 9.11. The smallest absolute Gasteiger partial charge is 0.297 e. The summed E-state index contributed by atoms with van der Waals surface area (Å²) in [7, 11) is 0. The van der Waals surface area contributed by atoms with E-state index in [4.69, 9.17) is 33.7 Å². The topological polar surface area (TPSA) is 116 Å². The lowest BCUT2D eigenvalue weighted by Crippen LogP contribution is -2.19. The maximum Gasteiger partial charge on any atom is 0.297 e. The van der Waals surface area contributed by atoms with E-state index in [0.29, 0.717) is 25.8 Å². The Morgan fingerprint density at radius 1 is 1.28 bits per heavy atom. The van der Waals surface area contributed by atoms with Crippen molar-refractivity contribution in [1.29, 1.82) is 0 Å². The Morgan fingerprint density at radius 2 is 2.07 bits per heavy atom. The molecule has 1 amide bonds. The van der Waals surface area contributed by atoms with E-state index in [-0.39, 0.29) is 18.1 Å². The van der Waals surface area contributed by atoms with Crippen LogP contribution in [0.4, 0.5) is 5.82 Å². The second-order valence-electron chi connectivity index (χ2n) is 5.53. The Hall–Kier alpha value is -2.14. The Kier molecular flexibility index (Phi) is 7.12. The van der Waals surface area contributed by atoms with Crippen LogP contribution in [0.3, 0.4) is 0 Å². The third-order valence-electron chi connectivity index (χ3n) is 3.52. The number of benzene rings is 2. The molecule has 0 aliphatic carbocycles. The summed E-state index contributed by atoms with van der Waals surface area (Å²) in [6.45, 7) is 0.199. The number of aromatic nitrogens is 2. The van der Waals surface area contributed by atoms with Gasteiger partial charge in [0, 0.05) is 25.6 Å². The van der Waals surface area contributed by atoms with Crippen molar-refractivity contribution in [3.63, 3.8) is 0 Å². The van der Waals surface area contributed by atoms with Gasteiger partial charge in [-0.15, -0.1) is 0 Å². The van der Waals surface area contributed by atoms with Crippen LogP contribution in [-0.2, 0) is 6.61 Å². The van der Waals surface area contributed by atoms with Crippen molar-refractivity contribution < 1.29 is 14.2 Å². The molecule has 150 valence electrons. The van der Waals surface area contributed by atoms with Gasteiger partial charge in [-0.05, 0) is 50.5 Å². The van der Waals surface area contributed by atoms with Crippen molar-refractivity contribution in [2.75, 3.05) is 5.73 Å². The summed E-state index contributed by atoms with van der Waals surface area (Å²) in [5.41, 5.74) is 8.95. The first-order chi connectivity index (χ1) is 13.8. The summed E-state index contributed by atoms with van der Waals surface area (Å²) in [4.78, 5) is 12.0. The number of carbonyl (C=O) groups excluding carboxylic acids is 1. The molecule has 1 heterocycles. The van der Waals surface area contributed by atoms with Crippen LogP contribution in [0.2, 0.25) is 10.0 Å². The fraction of sp³-hybridized carbons (Fsp3) is 0.0588. The monoisotopic (exact) mass is 561 g/mol. The Bertz CT molecular complexity index is 1090. The lowest BCUT2D eigenvalue weighted by Gasteiger charge is -2.13. The van der Waals surface area contributed by atoms with Crippen LogP contribution >= 0.6 is 55.1 Å². The number of nitrogens with zero attached hydrogens (tertiary/aromatic N) is 3. The average molecular weight is 564 g/mol. The van der Waals surface area contributed by atoms with Crippen molar-refractivity contribution in [3.8, 4) is 5.75 Å². The van der Waals surface area contributed by atoms with E-state index in [2.05, 4.69) is 57.3 Å². The quantitative estimate of drug-likeness (QED) is 0.328. The van der Waals surface area contributed by atoms with Crippen molar-refractivity contribution in [2.45, 2.75) is 6.61 Å². The summed E-state index contributed by atoms with van der Waals surface area (Å²) in [6, 6.07) is 8.73. The van der Waals surface area contributed by atoms with Crippen molar-refractivity contribution in [1.82, 2.24) is 15.7 Å². The number of nitrogens with two attached hydrogens (primary N) is 1. The number of anilines is 1. The van der Waals surface area contributed by atoms with E-state index >= 15 is 0 Å². The highest BCUT2D eigenvalue weighted by atomic mass is 79.9. The zero-order chi connectivity index (χ0) is 21.0. The van der Waals surface area contributed by atoms with Gasteiger partial charge in [-0.1, -0.05) is 45.2 Å². The maximum absolute atomic E-state index is 12.0. The normalized spacial score (nSPS) is 11.0. The van der Waals surface area contributed by atoms with Gasteiger partial charge >= 0.3 is 0 Å². The van der Waals surface area contributed by atoms with Crippen LogP contribution in [0.15, 0.2) is 49.0 Å². The molecular formula is C17H11Br2Cl2N5O3. The van der Waals surface area contributed by atoms with Crippen LogP contribution in [0, 0.1) is 0 Å². The van der Waals surface area contributed by atoms with Gasteiger partial charge in [0.05, 0.1) is 10.7 Å². The Labute approximate surface area is 191 Å². The van der Waals surface area contributed by atoms with Crippen LogP contribution in [0.25, 0.3) is 0 Å². The number of halogens is 4. The molecule has 8 nitrogen and oxygen atoms in total.